The number of hydrogen-bond acceptors (Lipinski definition) is 6. The molecule has 1 amide bonds. The predicted octanol–water partition coefficient (Wildman–Crippen LogP) is 5.75. The fourth-order valence-corrected chi connectivity index (χ4v) is 6.05. The second-order valence-corrected chi connectivity index (χ2v) is 11.2. The number of ether oxygens (including phenoxy) is 1. The lowest BCUT2D eigenvalue weighted by Gasteiger charge is -2.20. The van der Waals surface area contributed by atoms with Crippen LogP contribution in [-0.2, 0) is 21.2 Å². The summed E-state index contributed by atoms with van der Waals surface area (Å²) in [4.78, 5) is 19.7. The molecule has 34 heavy (non-hydrogen) atoms. The quantitative estimate of drug-likeness (QED) is 0.284. The van der Waals surface area contributed by atoms with E-state index >= 15 is 0 Å². The van der Waals surface area contributed by atoms with Crippen LogP contribution in [0.3, 0.4) is 0 Å². The van der Waals surface area contributed by atoms with E-state index in [4.69, 9.17) is 16.3 Å². The lowest BCUT2D eigenvalue weighted by atomic mass is 10.2. The van der Waals surface area contributed by atoms with Crippen LogP contribution in [-0.4, -0.2) is 32.2 Å². The fourth-order valence-electron chi connectivity index (χ4n) is 3.48. The van der Waals surface area contributed by atoms with Crippen molar-refractivity contribution in [3.63, 3.8) is 0 Å². The van der Waals surface area contributed by atoms with Crippen LogP contribution < -0.4 is 9.64 Å². The summed E-state index contributed by atoms with van der Waals surface area (Å²) in [5.41, 5.74) is 1.72. The molecule has 1 aromatic heterocycles. The van der Waals surface area contributed by atoms with E-state index < -0.39 is 9.84 Å². The average Bonchev–Trinajstić information content (AvgIpc) is 3.25. The molecule has 1 heterocycles. The molecule has 9 heteroatoms. The maximum absolute atomic E-state index is 13.3. The molecule has 0 radical (unpaired) electrons. The summed E-state index contributed by atoms with van der Waals surface area (Å²) in [6.45, 7) is 0.346. The number of carbonyl (C=O) groups is 1. The monoisotopic (exact) mass is 514 g/mol. The summed E-state index contributed by atoms with van der Waals surface area (Å²) in [7, 11) is -1.99. The SMILES string of the molecule is COc1ccc(S(=O)(=O)CCCC(=O)N(Cc2ccccc2)c2nc3ccc(Cl)cc3s2)cc1. The van der Waals surface area contributed by atoms with Gasteiger partial charge in [-0.05, 0) is 54.4 Å². The number of rotatable bonds is 9. The molecule has 0 saturated carbocycles. The molecule has 0 N–H and O–H groups in total. The molecule has 0 unspecified atom stereocenters. The Morgan fingerprint density at radius 2 is 1.79 bits per heavy atom. The first kappa shape index (κ1) is 24.2. The zero-order valence-corrected chi connectivity index (χ0v) is 20.9. The number of fused-ring (bicyclic) bond motifs is 1. The van der Waals surface area contributed by atoms with Crippen molar-refractivity contribution in [2.24, 2.45) is 0 Å². The highest BCUT2D eigenvalue weighted by molar-refractivity contribution is 7.91. The molecular weight excluding hydrogens is 492 g/mol. The Bertz CT molecular complexity index is 1390. The first-order valence-electron chi connectivity index (χ1n) is 10.6. The maximum atomic E-state index is 13.3. The number of halogens is 1. The number of aromatic nitrogens is 1. The third kappa shape index (κ3) is 5.75. The Balaban J connectivity index is 1.50. The van der Waals surface area contributed by atoms with Crippen molar-refractivity contribution < 1.29 is 17.9 Å². The number of anilines is 1. The number of thiazole rings is 1. The van der Waals surface area contributed by atoms with Gasteiger partial charge in [0.25, 0.3) is 0 Å². The van der Waals surface area contributed by atoms with E-state index in [1.54, 1.807) is 23.1 Å². The standard InChI is InChI=1S/C25H23ClN2O4S2/c1-32-20-10-12-21(13-11-20)34(30,31)15-5-8-24(29)28(17-18-6-3-2-4-7-18)25-27-22-14-9-19(26)16-23(22)33-25/h2-4,6-7,9-14,16H,5,8,15,17H2,1H3. The number of sulfone groups is 1. The second kappa shape index (κ2) is 10.5. The Morgan fingerprint density at radius 1 is 1.06 bits per heavy atom. The van der Waals surface area contributed by atoms with Gasteiger partial charge in [-0.2, -0.15) is 0 Å². The highest BCUT2D eigenvalue weighted by atomic mass is 35.5. The van der Waals surface area contributed by atoms with Crippen molar-refractivity contribution in [3.05, 3.63) is 83.4 Å². The van der Waals surface area contributed by atoms with Gasteiger partial charge in [-0.15, -0.1) is 0 Å². The fraction of sp³-hybridized carbons (Fsp3) is 0.200. The Hall–Kier alpha value is -2.94. The molecule has 0 saturated heterocycles. The van der Waals surface area contributed by atoms with E-state index in [1.165, 1.54) is 30.6 Å². The third-order valence-corrected chi connectivity index (χ3v) is 8.37. The molecule has 3 aromatic carbocycles. The molecule has 176 valence electrons. The molecule has 0 spiro atoms. The topological polar surface area (TPSA) is 76.6 Å². The van der Waals surface area contributed by atoms with Gasteiger partial charge in [0.2, 0.25) is 5.91 Å². The summed E-state index contributed by atoms with van der Waals surface area (Å²) in [6, 6.07) is 21.3. The van der Waals surface area contributed by atoms with E-state index in [0.29, 0.717) is 22.4 Å². The molecular formula is C25H23ClN2O4S2. The number of carbonyl (C=O) groups excluding carboxylic acids is 1. The minimum Gasteiger partial charge on any atom is -0.497 e. The number of amides is 1. The normalized spacial score (nSPS) is 11.5. The first-order chi connectivity index (χ1) is 16.4. The van der Waals surface area contributed by atoms with Crippen LogP contribution in [0, 0.1) is 0 Å². The molecule has 0 aliphatic rings. The van der Waals surface area contributed by atoms with Gasteiger partial charge in [-0.25, -0.2) is 13.4 Å². The van der Waals surface area contributed by atoms with Gasteiger partial charge in [-0.3, -0.25) is 9.69 Å². The van der Waals surface area contributed by atoms with Crippen molar-refractivity contribution in [1.29, 1.82) is 0 Å². The van der Waals surface area contributed by atoms with Gasteiger partial charge < -0.3 is 4.74 Å². The van der Waals surface area contributed by atoms with Gasteiger partial charge in [-0.1, -0.05) is 53.3 Å². The number of hydrogen-bond donors (Lipinski definition) is 0. The van der Waals surface area contributed by atoms with Gasteiger partial charge >= 0.3 is 0 Å². The van der Waals surface area contributed by atoms with Crippen molar-refractivity contribution in [2.45, 2.75) is 24.3 Å². The van der Waals surface area contributed by atoms with Crippen LogP contribution in [0.1, 0.15) is 18.4 Å². The van der Waals surface area contributed by atoms with Crippen LogP contribution in [0.4, 0.5) is 5.13 Å². The van der Waals surface area contributed by atoms with E-state index in [9.17, 15) is 13.2 Å². The van der Waals surface area contributed by atoms with Crippen LogP contribution in [0.2, 0.25) is 5.02 Å². The highest BCUT2D eigenvalue weighted by Gasteiger charge is 2.22. The van der Waals surface area contributed by atoms with Gasteiger partial charge in [0.1, 0.15) is 5.75 Å². The van der Waals surface area contributed by atoms with E-state index in [2.05, 4.69) is 4.98 Å². The minimum atomic E-state index is -3.51. The molecule has 4 rings (SSSR count). The van der Waals surface area contributed by atoms with Gasteiger partial charge in [0, 0.05) is 11.4 Å². The zero-order valence-electron chi connectivity index (χ0n) is 18.5. The average molecular weight is 515 g/mol. The molecule has 4 aromatic rings. The van der Waals surface area contributed by atoms with Crippen LogP contribution in [0.25, 0.3) is 10.2 Å². The van der Waals surface area contributed by atoms with Crippen molar-refractivity contribution in [3.8, 4) is 5.75 Å². The third-order valence-electron chi connectivity index (χ3n) is 5.28. The maximum Gasteiger partial charge on any atom is 0.229 e. The Kier molecular flexibility index (Phi) is 7.50. The second-order valence-electron chi connectivity index (χ2n) is 7.67. The van der Waals surface area contributed by atoms with Crippen LogP contribution in [0.5, 0.6) is 5.75 Å². The van der Waals surface area contributed by atoms with Gasteiger partial charge in [0.05, 0.1) is 34.5 Å². The predicted molar refractivity (Wildman–Crippen MR) is 137 cm³/mol. The molecule has 6 nitrogen and oxygen atoms in total. The summed E-state index contributed by atoms with van der Waals surface area (Å²) in [5, 5.41) is 1.16. The summed E-state index contributed by atoms with van der Waals surface area (Å²) >= 11 is 7.50. The molecule has 0 aliphatic carbocycles. The Morgan fingerprint density at radius 3 is 2.50 bits per heavy atom. The Labute approximate surface area is 207 Å². The minimum absolute atomic E-state index is 0.0822. The summed E-state index contributed by atoms with van der Waals surface area (Å²) in [6.07, 6.45) is 0.286. The van der Waals surface area contributed by atoms with Crippen molar-refractivity contribution >= 4 is 54.0 Å². The smallest absolute Gasteiger partial charge is 0.229 e. The molecule has 0 bridgehead atoms. The summed E-state index contributed by atoms with van der Waals surface area (Å²) < 4.78 is 31.4. The number of methoxy groups -OCH3 is 1. The number of nitrogens with zero attached hydrogens (tertiary/aromatic N) is 2. The molecule has 0 fully saturated rings. The van der Waals surface area contributed by atoms with Crippen LogP contribution >= 0.6 is 22.9 Å². The zero-order chi connectivity index (χ0) is 24.1. The van der Waals surface area contributed by atoms with E-state index in [-0.39, 0.29) is 29.4 Å². The highest BCUT2D eigenvalue weighted by Crippen LogP contribution is 2.32. The number of benzene rings is 3. The van der Waals surface area contributed by atoms with Crippen LogP contribution in [0.15, 0.2) is 77.7 Å². The summed E-state index contributed by atoms with van der Waals surface area (Å²) in [5.74, 6) is 0.279. The lowest BCUT2D eigenvalue weighted by Crippen LogP contribution is -2.30. The largest absolute Gasteiger partial charge is 0.497 e. The van der Waals surface area contributed by atoms with Gasteiger partial charge in [0.15, 0.2) is 15.0 Å². The van der Waals surface area contributed by atoms with E-state index in [0.717, 1.165) is 15.8 Å². The lowest BCUT2D eigenvalue weighted by molar-refractivity contribution is -0.118. The van der Waals surface area contributed by atoms with E-state index in [1.807, 2.05) is 42.5 Å². The molecule has 0 atom stereocenters. The molecule has 0 aliphatic heterocycles. The van der Waals surface area contributed by atoms with Crippen molar-refractivity contribution in [2.75, 3.05) is 17.8 Å². The van der Waals surface area contributed by atoms with Crippen molar-refractivity contribution in [1.82, 2.24) is 4.98 Å². The first-order valence-corrected chi connectivity index (χ1v) is 13.5.